The zero-order chi connectivity index (χ0) is 12.4. The molecule has 0 radical (unpaired) electrons. The molecule has 0 N–H and O–H groups in total. The van der Waals surface area contributed by atoms with Crippen LogP contribution in [0.3, 0.4) is 0 Å². The summed E-state index contributed by atoms with van der Waals surface area (Å²) < 4.78 is 5.17. The number of carbonyl (C=O) groups is 1. The Bertz CT molecular complexity index is 561. The molecule has 0 saturated carbocycles. The van der Waals surface area contributed by atoms with Gasteiger partial charge in [-0.2, -0.15) is 0 Å². The summed E-state index contributed by atoms with van der Waals surface area (Å²) in [4.78, 5) is 15.3. The van der Waals surface area contributed by atoms with Gasteiger partial charge in [0.1, 0.15) is 5.75 Å². The highest BCUT2D eigenvalue weighted by Crippen LogP contribution is 2.29. The van der Waals surface area contributed by atoms with E-state index >= 15 is 0 Å². The lowest BCUT2D eigenvalue weighted by Gasteiger charge is -2.12. The Morgan fingerprint density at radius 2 is 2.12 bits per heavy atom. The van der Waals surface area contributed by atoms with E-state index in [-0.39, 0.29) is 5.92 Å². The second-order valence-electron chi connectivity index (χ2n) is 4.28. The van der Waals surface area contributed by atoms with Crippen LogP contribution in [-0.2, 0) is 0 Å². The highest BCUT2D eigenvalue weighted by Gasteiger charge is 2.12. The quantitative estimate of drug-likeness (QED) is 0.759. The van der Waals surface area contributed by atoms with Crippen LogP contribution in [0.5, 0.6) is 5.75 Å². The number of methoxy groups -OCH3 is 1. The van der Waals surface area contributed by atoms with Gasteiger partial charge in [-0.3, -0.25) is 9.78 Å². The van der Waals surface area contributed by atoms with Crippen LogP contribution in [0.2, 0.25) is 0 Å². The first-order valence-electron chi connectivity index (χ1n) is 5.59. The second kappa shape index (κ2) is 4.53. The van der Waals surface area contributed by atoms with E-state index in [0.717, 1.165) is 28.5 Å². The summed E-state index contributed by atoms with van der Waals surface area (Å²) in [6.45, 7) is 4.15. The molecular formula is C14H15NO2. The van der Waals surface area contributed by atoms with Crippen molar-refractivity contribution in [1.82, 2.24) is 4.98 Å². The summed E-state index contributed by atoms with van der Waals surface area (Å²) >= 11 is 0. The zero-order valence-electron chi connectivity index (χ0n) is 10.2. The Balaban J connectivity index is 2.77. The van der Waals surface area contributed by atoms with E-state index in [1.807, 2.05) is 18.2 Å². The van der Waals surface area contributed by atoms with E-state index in [1.165, 1.54) is 0 Å². The number of hydrogen-bond donors (Lipinski definition) is 0. The van der Waals surface area contributed by atoms with Crippen molar-refractivity contribution in [3.8, 4) is 5.75 Å². The van der Waals surface area contributed by atoms with Crippen LogP contribution >= 0.6 is 0 Å². The van der Waals surface area contributed by atoms with Gasteiger partial charge in [0.15, 0.2) is 6.29 Å². The zero-order valence-corrected chi connectivity index (χ0v) is 10.2. The standard InChI is InChI=1S/C14H15NO2/c1-9(2)14-10(8-16)7-15-13-6-11(17-3)4-5-12(13)14/h4-9H,1-3H3. The molecule has 88 valence electrons. The SMILES string of the molecule is COc1ccc2c(C(C)C)c(C=O)cnc2c1. The highest BCUT2D eigenvalue weighted by molar-refractivity contribution is 5.91. The van der Waals surface area contributed by atoms with Crippen molar-refractivity contribution < 1.29 is 9.53 Å². The lowest BCUT2D eigenvalue weighted by Crippen LogP contribution is -1.99. The van der Waals surface area contributed by atoms with Gasteiger partial charge in [0.25, 0.3) is 0 Å². The molecular weight excluding hydrogens is 214 g/mol. The van der Waals surface area contributed by atoms with Gasteiger partial charge in [-0.1, -0.05) is 13.8 Å². The summed E-state index contributed by atoms with van der Waals surface area (Å²) in [5, 5.41) is 1.02. The topological polar surface area (TPSA) is 39.2 Å². The van der Waals surface area contributed by atoms with Gasteiger partial charge in [-0.15, -0.1) is 0 Å². The Kier molecular flexibility index (Phi) is 3.09. The predicted octanol–water partition coefficient (Wildman–Crippen LogP) is 3.18. The van der Waals surface area contributed by atoms with Crippen molar-refractivity contribution in [2.24, 2.45) is 0 Å². The van der Waals surface area contributed by atoms with Crippen LogP contribution in [0.15, 0.2) is 24.4 Å². The second-order valence-corrected chi connectivity index (χ2v) is 4.28. The third kappa shape index (κ3) is 2.00. The van der Waals surface area contributed by atoms with Crippen molar-refractivity contribution in [2.75, 3.05) is 7.11 Å². The van der Waals surface area contributed by atoms with E-state index in [2.05, 4.69) is 18.8 Å². The lowest BCUT2D eigenvalue weighted by atomic mass is 9.94. The fourth-order valence-electron chi connectivity index (χ4n) is 2.08. The molecule has 2 aromatic rings. The van der Waals surface area contributed by atoms with Gasteiger partial charge in [0.05, 0.1) is 12.6 Å². The molecule has 0 amide bonds. The average molecular weight is 229 g/mol. The molecule has 0 bridgehead atoms. The summed E-state index contributed by atoms with van der Waals surface area (Å²) in [7, 11) is 1.63. The number of nitrogens with zero attached hydrogens (tertiary/aromatic N) is 1. The van der Waals surface area contributed by atoms with Gasteiger partial charge in [0.2, 0.25) is 0 Å². The summed E-state index contributed by atoms with van der Waals surface area (Å²) in [5.41, 5.74) is 2.57. The van der Waals surface area contributed by atoms with Gasteiger partial charge < -0.3 is 4.74 Å². The van der Waals surface area contributed by atoms with Crippen molar-refractivity contribution in [3.63, 3.8) is 0 Å². The molecule has 0 aliphatic rings. The van der Waals surface area contributed by atoms with E-state index in [1.54, 1.807) is 13.3 Å². The Morgan fingerprint density at radius 3 is 2.71 bits per heavy atom. The fourth-order valence-corrected chi connectivity index (χ4v) is 2.08. The maximum Gasteiger partial charge on any atom is 0.151 e. The Hall–Kier alpha value is -1.90. The molecule has 3 nitrogen and oxygen atoms in total. The van der Waals surface area contributed by atoms with Crippen LogP contribution < -0.4 is 4.74 Å². The largest absolute Gasteiger partial charge is 0.497 e. The fraction of sp³-hybridized carbons (Fsp3) is 0.286. The number of aromatic nitrogens is 1. The minimum Gasteiger partial charge on any atom is -0.497 e. The maximum atomic E-state index is 11.0. The minimum absolute atomic E-state index is 0.286. The molecule has 3 heteroatoms. The maximum absolute atomic E-state index is 11.0. The first-order valence-corrected chi connectivity index (χ1v) is 5.59. The van der Waals surface area contributed by atoms with Crippen LogP contribution in [-0.4, -0.2) is 18.4 Å². The van der Waals surface area contributed by atoms with E-state index in [0.29, 0.717) is 5.56 Å². The molecule has 0 atom stereocenters. The van der Waals surface area contributed by atoms with Crippen LogP contribution in [0.1, 0.15) is 35.7 Å². The van der Waals surface area contributed by atoms with Crippen molar-refractivity contribution in [1.29, 1.82) is 0 Å². The van der Waals surface area contributed by atoms with Crippen molar-refractivity contribution in [3.05, 3.63) is 35.5 Å². The molecule has 1 heterocycles. The molecule has 0 fully saturated rings. The lowest BCUT2D eigenvalue weighted by molar-refractivity contribution is 0.112. The first kappa shape index (κ1) is 11.6. The van der Waals surface area contributed by atoms with Crippen LogP contribution in [0.4, 0.5) is 0 Å². The van der Waals surface area contributed by atoms with Crippen molar-refractivity contribution in [2.45, 2.75) is 19.8 Å². The summed E-state index contributed by atoms with van der Waals surface area (Å²) in [6.07, 6.45) is 2.50. The first-order chi connectivity index (χ1) is 8.17. The van der Waals surface area contributed by atoms with Crippen molar-refractivity contribution >= 4 is 17.2 Å². The van der Waals surface area contributed by atoms with Gasteiger partial charge in [-0.05, 0) is 23.6 Å². The summed E-state index contributed by atoms with van der Waals surface area (Å²) in [5.74, 6) is 1.06. The minimum atomic E-state index is 0.286. The van der Waals surface area contributed by atoms with Crippen LogP contribution in [0.25, 0.3) is 10.9 Å². The molecule has 17 heavy (non-hydrogen) atoms. The predicted molar refractivity (Wildman–Crippen MR) is 67.8 cm³/mol. The number of carbonyl (C=O) groups excluding carboxylic acids is 1. The molecule has 1 aromatic carbocycles. The monoisotopic (exact) mass is 229 g/mol. The average Bonchev–Trinajstić information content (AvgIpc) is 2.36. The molecule has 0 saturated heterocycles. The van der Waals surface area contributed by atoms with Gasteiger partial charge >= 0.3 is 0 Å². The number of benzene rings is 1. The molecule has 0 aliphatic carbocycles. The number of hydrogen-bond acceptors (Lipinski definition) is 3. The molecule has 1 aromatic heterocycles. The van der Waals surface area contributed by atoms with E-state index < -0.39 is 0 Å². The number of aldehydes is 1. The Labute approximate surface area is 100 Å². The number of fused-ring (bicyclic) bond motifs is 1. The van der Waals surface area contributed by atoms with Gasteiger partial charge in [-0.25, -0.2) is 0 Å². The smallest absolute Gasteiger partial charge is 0.151 e. The molecule has 0 unspecified atom stereocenters. The van der Waals surface area contributed by atoms with Gasteiger partial charge in [0, 0.05) is 23.2 Å². The number of pyridine rings is 1. The van der Waals surface area contributed by atoms with E-state index in [9.17, 15) is 4.79 Å². The molecule has 2 rings (SSSR count). The Morgan fingerprint density at radius 1 is 1.35 bits per heavy atom. The molecule has 0 aliphatic heterocycles. The summed E-state index contributed by atoms with van der Waals surface area (Å²) in [6, 6.07) is 5.74. The normalized spacial score (nSPS) is 10.8. The highest BCUT2D eigenvalue weighted by atomic mass is 16.5. The van der Waals surface area contributed by atoms with E-state index in [4.69, 9.17) is 4.74 Å². The number of ether oxygens (including phenoxy) is 1. The number of rotatable bonds is 3. The van der Waals surface area contributed by atoms with Crippen LogP contribution in [0, 0.1) is 0 Å². The third-order valence-electron chi connectivity index (χ3n) is 2.85. The molecule has 0 spiro atoms. The third-order valence-corrected chi connectivity index (χ3v) is 2.85.